The largest absolute Gasteiger partial charge is 0.433 e. The van der Waals surface area contributed by atoms with Crippen LogP contribution in [0.2, 0.25) is 0 Å². The molecule has 4 fully saturated rings. The van der Waals surface area contributed by atoms with Crippen molar-refractivity contribution in [2.45, 2.75) is 48.9 Å². The summed E-state index contributed by atoms with van der Waals surface area (Å²) in [6, 6.07) is 2.29. The summed E-state index contributed by atoms with van der Waals surface area (Å²) in [5.74, 6) is 0. The van der Waals surface area contributed by atoms with Crippen molar-refractivity contribution in [3.63, 3.8) is 0 Å². The van der Waals surface area contributed by atoms with Crippen LogP contribution < -0.4 is 0 Å². The van der Waals surface area contributed by atoms with Crippen molar-refractivity contribution >= 4 is 10.0 Å². The molecule has 28 heavy (non-hydrogen) atoms. The van der Waals surface area contributed by atoms with E-state index in [0.717, 1.165) is 51.1 Å². The summed E-state index contributed by atoms with van der Waals surface area (Å²) in [5, 5.41) is 0. The number of hydrogen-bond donors (Lipinski definition) is 0. The van der Waals surface area contributed by atoms with Crippen LogP contribution in [-0.4, -0.2) is 67.0 Å². The van der Waals surface area contributed by atoms with Gasteiger partial charge in [-0.2, -0.15) is 17.5 Å². The van der Waals surface area contributed by atoms with Crippen LogP contribution in [0, 0.1) is 12.3 Å². The normalized spacial score (nSPS) is 32.5. The molecule has 1 aromatic heterocycles. The highest BCUT2D eigenvalue weighted by molar-refractivity contribution is 7.89. The number of likely N-dealkylation sites (tertiary alicyclic amines) is 1. The molecule has 0 unspecified atom stereocenters. The smallest absolute Gasteiger partial charge is 0.375 e. The van der Waals surface area contributed by atoms with Crippen molar-refractivity contribution < 1.29 is 26.3 Å². The third-order valence-corrected chi connectivity index (χ3v) is 8.67. The molecule has 2 spiro atoms. The second kappa shape index (κ2) is 5.68. The summed E-state index contributed by atoms with van der Waals surface area (Å²) in [4.78, 5) is 5.71. The Kier molecular flexibility index (Phi) is 3.81. The SMILES string of the molecule is Cc1nc(C(F)(F)F)ccc1S(=O)(=O)N1CC2(C1)CN([C@H]1C[C@]3(CCO3)C1)C2. The van der Waals surface area contributed by atoms with E-state index in [1.807, 2.05) is 0 Å². The number of nitrogens with zero attached hydrogens (tertiary/aromatic N) is 3. The van der Waals surface area contributed by atoms with Crippen LogP contribution in [0.3, 0.4) is 0 Å². The van der Waals surface area contributed by atoms with Crippen LogP contribution in [0.15, 0.2) is 17.0 Å². The molecule has 0 N–H and O–H groups in total. The van der Waals surface area contributed by atoms with Crippen molar-refractivity contribution in [1.82, 2.24) is 14.2 Å². The first kappa shape index (κ1) is 18.8. The fourth-order valence-electron chi connectivity index (χ4n) is 5.03. The fraction of sp³-hybridized carbons (Fsp3) is 0.722. The summed E-state index contributed by atoms with van der Waals surface area (Å²) < 4.78 is 70.9. The highest BCUT2D eigenvalue weighted by Gasteiger charge is 2.60. The van der Waals surface area contributed by atoms with Gasteiger partial charge < -0.3 is 4.74 Å². The Hall–Kier alpha value is -1.23. The van der Waals surface area contributed by atoms with E-state index < -0.39 is 21.9 Å². The van der Waals surface area contributed by atoms with E-state index in [1.54, 1.807) is 0 Å². The van der Waals surface area contributed by atoms with E-state index in [0.29, 0.717) is 19.1 Å². The van der Waals surface area contributed by atoms with Gasteiger partial charge in [-0.15, -0.1) is 0 Å². The maximum absolute atomic E-state index is 12.8. The van der Waals surface area contributed by atoms with Crippen LogP contribution in [-0.2, 0) is 20.9 Å². The Morgan fingerprint density at radius 1 is 1.18 bits per heavy atom. The van der Waals surface area contributed by atoms with E-state index in [-0.39, 0.29) is 21.6 Å². The topological polar surface area (TPSA) is 62.7 Å². The van der Waals surface area contributed by atoms with Gasteiger partial charge >= 0.3 is 6.18 Å². The highest BCUT2D eigenvalue weighted by Crippen LogP contribution is 2.51. The molecule has 1 saturated carbocycles. The molecule has 0 aromatic carbocycles. The van der Waals surface area contributed by atoms with Crippen LogP contribution in [0.25, 0.3) is 0 Å². The number of ether oxygens (including phenoxy) is 1. The summed E-state index contributed by atoms with van der Waals surface area (Å²) in [7, 11) is -3.82. The molecule has 154 valence electrons. The van der Waals surface area contributed by atoms with E-state index in [1.165, 1.54) is 11.2 Å². The first-order valence-corrected chi connectivity index (χ1v) is 10.9. The summed E-state index contributed by atoms with van der Waals surface area (Å²) in [6.07, 6.45) is -1.30. The maximum Gasteiger partial charge on any atom is 0.433 e. The fourth-order valence-corrected chi connectivity index (χ4v) is 6.86. The second-order valence-electron chi connectivity index (χ2n) is 8.80. The average molecular weight is 417 g/mol. The molecule has 10 heteroatoms. The van der Waals surface area contributed by atoms with Gasteiger partial charge in [-0.25, -0.2) is 13.4 Å². The lowest BCUT2D eigenvalue weighted by atomic mass is 9.66. The van der Waals surface area contributed by atoms with E-state index in [2.05, 4.69) is 9.88 Å². The molecule has 0 bridgehead atoms. The lowest BCUT2D eigenvalue weighted by Gasteiger charge is -2.65. The zero-order chi connectivity index (χ0) is 19.9. The Morgan fingerprint density at radius 3 is 2.32 bits per heavy atom. The first-order valence-electron chi connectivity index (χ1n) is 9.45. The quantitative estimate of drug-likeness (QED) is 0.753. The van der Waals surface area contributed by atoms with Crippen LogP contribution in [0.4, 0.5) is 13.2 Å². The van der Waals surface area contributed by atoms with Gasteiger partial charge in [0.1, 0.15) is 10.6 Å². The van der Waals surface area contributed by atoms with Gasteiger partial charge in [-0.3, -0.25) is 4.90 Å². The number of halogens is 3. The number of sulfonamides is 1. The third-order valence-electron chi connectivity index (χ3n) is 6.74. The number of rotatable bonds is 3. The molecule has 0 atom stereocenters. The van der Waals surface area contributed by atoms with Crippen molar-refractivity contribution in [3.8, 4) is 0 Å². The molecule has 0 radical (unpaired) electrons. The zero-order valence-electron chi connectivity index (χ0n) is 15.5. The monoisotopic (exact) mass is 417 g/mol. The molecule has 5 rings (SSSR count). The minimum absolute atomic E-state index is 0.0104. The van der Waals surface area contributed by atoms with Gasteiger partial charge in [-0.1, -0.05) is 0 Å². The van der Waals surface area contributed by atoms with Gasteiger partial charge in [0, 0.05) is 37.6 Å². The molecule has 1 aliphatic carbocycles. The maximum atomic E-state index is 12.8. The molecule has 0 amide bonds. The third kappa shape index (κ3) is 2.72. The number of hydrogen-bond acceptors (Lipinski definition) is 5. The van der Waals surface area contributed by atoms with E-state index >= 15 is 0 Å². The van der Waals surface area contributed by atoms with Gasteiger partial charge in [-0.05, 0) is 38.3 Å². The Balaban J connectivity index is 1.20. The minimum Gasteiger partial charge on any atom is -0.375 e. The summed E-state index contributed by atoms with van der Waals surface area (Å²) in [5.41, 5.74) is -1.07. The number of aromatic nitrogens is 1. The molecule has 3 aliphatic heterocycles. The Bertz CT molecular complexity index is 908. The van der Waals surface area contributed by atoms with E-state index in [9.17, 15) is 21.6 Å². The van der Waals surface area contributed by atoms with Crippen LogP contribution >= 0.6 is 0 Å². The summed E-state index contributed by atoms with van der Waals surface area (Å²) >= 11 is 0. The Morgan fingerprint density at radius 2 is 1.82 bits per heavy atom. The predicted molar refractivity (Wildman–Crippen MR) is 93.1 cm³/mol. The van der Waals surface area contributed by atoms with Crippen LogP contribution in [0.1, 0.15) is 30.7 Å². The van der Waals surface area contributed by atoms with Crippen molar-refractivity contribution in [2.24, 2.45) is 5.41 Å². The zero-order valence-corrected chi connectivity index (χ0v) is 16.3. The second-order valence-corrected chi connectivity index (χ2v) is 10.7. The van der Waals surface area contributed by atoms with Gasteiger partial charge in [0.15, 0.2) is 0 Å². The molecular weight excluding hydrogens is 395 g/mol. The Labute approximate surface area is 161 Å². The van der Waals surface area contributed by atoms with E-state index in [4.69, 9.17) is 4.74 Å². The number of aryl methyl sites for hydroxylation is 1. The molecule has 1 aromatic rings. The minimum atomic E-state index is -4.59. The average Bonchev–Trinajstić information content (AvgIpc) is 2.42. The lowest BCUT2D eigenvalue weighted by Crippen LogP contribution is -2.76. The molecule has 3 saturated heterocycles. The standard InChI is InChI=1S/C18H22F3N3O3S/c1-12-14(2-3-15(22-12)18(19,20)21)28(25,26)24-10-16(11-24)8-23(9-16)13-6-17(7-13)4-5-27-17/h2-3,13H,4-11H2,1H3/t13-,17+. The van der Waals surface area contributed by atoms with Gasteiger partial charge in [0.05, 0.1) is 17.9 Å². The highest BCUT2D eigenvalue weighted by atomic mass is 32.2. The lowest BCUT2D eigenvalue weighted by molar-refractivity contribution is -0.237. The molecule has 4 heterocycles. The van der Waals surface area contributed by atoms with Gasteiger partial charge in [0.25, 0.3) is 0 Å². The van der Waals surface area contributed by atoms with Crippen molar-refractivity contribution in [2.75, 3.05) is 32.8 Å². The molecule has 4 aliphatic rings. The predicted octanol–water partition coefficient (Wildman–Crippen LogP) is 2.04. The molecular formula is C18H22F3N3O3S. The van der Waals surface area contributed by atoms with Gasteiger partial charge in [0.2, 0.25) is 10.0 Å². The number of pyridine rings is 1. The molecule has 6 nitrogen and oxygen atoms in total. The van der Waals surface area contributed by atoms with Crippen molar-refractivity contribution in [3.05, 3.63) is 23.5 Å². The first-order chi connectivity index (χ1) is 13.0. The van der Waals surface area contributed by atoms with Crippen molar-refractivity contribution in [1.29, 1.82) is 0 Å². The number of alkyl halides is 3. The van der Waals surface area contributed by atoms with Crippen LogP contribution in [0.5, 0.6) is 0 Å². The summed E-state index contributed by atoms with van der Waals surface area (Å²) in [6.45, 7) is 4.76.